The van der Waals surface area contributed by atoms with Gasteiger partial charge in [0.05, 0.1) is 11.3 Å². The number of rotatable bonds is 2. The van der Waals surface area contributed by atoms with E-state index in [-0.39, 0.29) is 0 Å². The molecule has 0 saturated heterocycles. The van der Waals surface area contributed by atoms with Crippen LogP contribution in [-0.4, -0.2) is 10.2 Å². The number of halogens is 2. The highest BCUT2D eigenvalue weighted by molar-refractivity contribution is 9.10. The van der Waals surface area contributed by atoms with Gasteiger partial charge in [-0.3, -0.25) is 5.10 Å². The third kappa shape index (κ3) is 2.39. The molecule has 0 saturated carbocycles. The number of H-pyrrole nitrogens is 1. The van der Waals surface area contributed by atoms with Crippen LogP contribution in [0.25, 0.3) is 22.4 Å². The van der Waals surface area contributed by atoms with E-state index in [1.165, 1.54) is 0 Å². The van der Waals surface area contributed by atoms with Crippen molar-refractivity contribution in [2.75, 3.05) is 5.73 Å². The number of aromatic amines is 1. The molecule has 1 heterocycles. The summed E-state index contributed by atoms with van der Waals surface area (Å²) in [4.78, 5) is 0. The largest absolute Gasteiger partial charge is 0.382 e. The molecule has 0 aliphatic rings. The Labute approximate surface area is 133 Å². The maximum atomic E-state index is 6.04. The molecule has 2 aromatic carbocycles. The normalized spacial score (nSPS) is 10.7. The maximum absolute atomic E-state index is 6.04. The second kappa shape index (κ2) is 5.42. The predicted molar refractivity (Wildman–Crippen MR) is 89.3 cm³/mol. The fraction of sp³-hybridized carbons (Fsp3) is 0. The highest BCUT2D eigenvalue weighted by atomic mass is 79.9. The van der Waals surface area contributed by atoms with Crippen molar-refractivity contribution in [3.63, 3.8) is 0 Å². The first kappa shape index (κ1) is 13.4. The molecule has 0 amide bonds. The fourth-order valence-electron chi connectivity index (χ4n) is 2.12. The molecule has 3 N–H and O–H groups in total. The Bertz CT molecular complexity index is 748. The number of benzene rings is 2. The van der Waals surface area contributed by atoms with Crippen LogP contribution in [0.2, 0.25) is 0 Å². The molecule has 1 aromatic heterocycles. The van der Waals surface area contributed by atoms with Crippen molar-refractivity contribution >= 4 is 37.7 Å². The van der Waals surface area contributed by atoms with Gasteiger partial charge in [-0.1, -0.05) is 62.2 Å². The highest BCUT2D eigenvalue weighted by Gasteiger charge is 2.16. The maximum Gasteiger partial charge on any atom is 0.153 e. The Morgan fingerprint density at radius 2 is 1.65 bits per heavy atom. The molecule has 100 valence electrons. The smallest absolute Gasteiger partial charge is 0.153 e. The Morgan fingerprint density at radius 3 is 2.35 bits per heavy atom. The van der Waals surface area contributed by atoms with Crippen molar-refractivity contribution in [2.24, 2.45) is 0 Å². The fourth-order valence-corrected chi connectivity index (χ4v) is 2.87. The molecule has 20 heavy (non-hydrogen) atoms. The van der Waals surface area contributed by atoms with Crippen molar-refractivity contribution < 1.29 is 0 Å². The molecular weight excluding hydrogens is 382 g/mol. The lowest BCUT2D eigenvalue weighted by Crippen LogP contribution is -1.89. The molecule has 0 bridgehead atoms. The van der Waals surface area contributed by atoms with E-state index in [9.17, 15) is 0 Å². The zero-order valence-corrected chi connectivity index (χ0v) is 13.6. The molecule has 3 nitrogen and oxygen atoms in total. The van der Waals surface area contributed by atoms with Gasteiger partial charge in [0.15, 0.2) is 5.82 Å². The average molecular weight is 393 g/mol. The quantitative estimate of drug-likeness (QED) is 0.654. The number of nitrogens with one attached hydrogen (secondary N) is 1. The first-order chi connectivity index (χ1) is 9.66. The van der Waals surface area contributed by atoms with Gasteiger partial charge in [0.25, 0.3) is 0 Å². The summed E-state index contributed by atoms with van der Waals surface area (Å²) in [5, 5.41) is 7.18. The number of hydrogen-bond donors (Lipinski definition) is 2. The summed E-state index contributed by atoms with van der Waals surface area (Å²) < 4.78 is 2.03. The first-order valence-electron chi connectivity index (χ1n) is 6.01. The van der Waals surface area contributed by atoms with E-state index < -0.39 is 0 Å². The van der Waals surface area contributed by atoms with Crippen LogP contribution in [-0.2, 0) is 0 Å². The van der Waals surface area contributed by atoms with Crippen molar-refractivity contribution in [3.8, 4) is 22.4 Å². The molecule has 5 heteroatoms. The lowest BCUT2D eigenvalue weighted by Gasteiger charge is -2.07. The third-order valence-corrected chi connectivity index (χ3v) is 4.29. The van der Waals surface area contributed by atoms with Crippen LogP contribution in [0.5, 0.6) is 0 Å². The second-order valence-corrected chi connectivity index (χ2v) is 6.12. The minimum absolute atomic E-state index is 0.495. The zero-order chi connectivity index (χ0) is 14.1. The Morgan fingerprint density at radius 1 is 0.950 bits per heavy atom. The number of nitrogens with two attached hydrogens (primary N) is 1. The predicted octanol–water partition coefficient (Wildman–Crippen LogP) is 4.85. The Kier molecular flexibility index (Phi) is 3.63. The summed E-state index contributed by atoms with van der Waals surface area (Å²) in [6.45, 7) is 0. The average Bonchev–Trinajstić information content (AvgIpc) is 2.82. The molecule has 0 spiro atoms. The molecule has 3 rings (SSSR count). The van der Waals surface area contributed by atoms with Crippen LogP contribution in [0.1, 0.15) is 0 Å². The third-order valence-electron chi connectivity index (χ3n) is 3.07. The van der Waals surface area contributed by atoms with Crippen LogP contribution in [0.3, 0.4) is 0 Å². The topological polar surface area (TPSA) is 54.7 Å². The van der Waals surface area contributed by atoms with Gasteiger partial charge in [-0.2, -0.15) is 5.10 Å². The summed E-state index contributed by atoms with van der Waals surface area (Å²) in [5.41, 5.74) is 9.94. The van der Waals surface area contributed by atoms with E-state index in [0.29, 0.717) is 5.82 Å². The van der Waals surface area contributed by atoms with Crippen LogP contribution in [0, 0.1) is 0 Å². The van der Waals surface area contributed by atoms with E-state index in [1.807, 2.05) is 48.5 Å². The number of nitrogen functional groups attached to an aromatic ring is 1. The zero-order valence-electron chi connectivity index (χ0n) is 10.4. The summed E-state index contributed by atoms with van der Waals surface area (Å²) >= 11 is 7.01. The number of aromatic nitrogens is 2. The van der Waals surface area contributed by atoms with Gasteiger partial charge in [-0.25, -0.2) is 0 Å². The van der Waals surface area contributed by atoms with Gasteiger partial charge in [-0.15, -0.1) is 0 Å². The molecule has 0 fully saturated rings. The Balaban J connectivity index is 2.20. The van der Waals surface area contributed by atoms with Gasteiger partial charge in [0, 0.05) is 20.1 Å². The molecule has 0 unspecified atom stereocenters. The van der Waals surface area contributed by atoms with E-state index >= 15 is 0 Å². The van der Waals surface area contributed by atoms with Crippen molar-refractivity contribution in [1.29, 1.82) is 0 Å². The number of anilines is 1. The van der Waals surface area contributed by atoms with Gasteiger partial charge in [-0.05, 0) is 18.2 Å². The molecular formula is C15H11Br2N3. The SMILES string of the molecule is Nc1n[nH]c(-c2ccc(Br)cc2)c1-c1ccccc1Br. The highest BCUT2D eigenvalue weighted by Crippen LogP contribution is 2.38. The van der Waals surface area contributed by atoms with Crippen molar-refractivity contribution in [1.82, 2.24) is 10.2 Å². The van der Waals surface area contributed by atoms with Crippen LogP contribution < -0.4 is 5.73 Å². The second-order valence-electron chi connectivity index (χ2n) is 4.35. The summed E-state index contributed by atoms with van der Waals surface area (Å²) in [6.07, 6.45) is 0. The molecule has 0 aliphatic carbocycles. The monoisotopic (exact) mass is 391 g/mol. The minimum Gasteiger partial charge on any atom is -0.382 e. The van der Waals surface area contributed by atoms with Crippen molar-refractivity contribution in [3.05, 3.63) is 57.5 Å². The van der Waals surface area contributed by atoms with Crippen LogP contribution in [0.4, 0.5) is 5.82 Å². The van der Waals surface area contributed by atoms with E-state index in [1.54, 1.807) is 0 Å². The van der Waals surface area contributed by atoms with Gasteiger partial charge < -0.3 is 5.73 Å². The van der Waals surface area contributed by atoms with E-state index in [0.717, 1.165) is 31.3 Å². The standard InChI is InChI=1S/C15H11Br2N3/c16-10-7-5-9(6-8-10)14-13(15(18)20-19-14)11-3-1-2-4-12(11)17/h1-8H,(H3,18,19,20). The molecule has 0 atom stereocenters. The number of nitrogens with zero attached hydrogens (tertiary/aromatic N) is 1. The lowest BCUT2D eigenvalue weighted by molar-refractivity contribution is 1.10. The van der Waals surface area contributed by atoms with Crippen LogP contribution in [0.15, 0.2) is 57.5 Å². The van der Waals surface area contributed by atoms with E-state index in [4.69, 9.17) is 5.73 Å². The van der Waals surface area contributed by atoms with Crippen LogP contribution >= 0.6 is 31.9 Å². The number of hydrogen-bond acceptors (Lipinski definition) is 2. The molecule has 3 aromatic rings. The van der Waals surface area contributed by atoms with Gasteiger partial charge in [0.2, 0.25) is 0 Å². The van der Waals surface area contributed by atoms with Crippen molar-refractivity contribution in [2.45, 2.75) is 0 Å². The first-order valence-corrected chi connectivity index (χ1v) is 7.60. The van der Waals surface area contributed by atoms with Gasteiger partial charge >= 0.3 is 0 Å². The summed E-state index contributed by atoms with van der Waals surface area (Å²) in [7, 11) is 0. The Hall–Kier alpha value is -1.59. The molecule has 0 radical (unpaired) electrons. The molecule has 0 aliphatic heterocycles. The minimum atomic E-state index is 0.495. The van der Waals surface area contributed by atoms with E-state index in [2.05, 4.69) is 42.1 Å². The summed E-state index contributed by atoms with van der Waals surface area (Å²) in [5.74, 6) is 0.495. The lowest BCUT2D eigenvalue weighted by atomic mass is 10.0. The summed E-state index contributed by atoms with van der Waals surface area (Å²) in [6, 6.07) is 16.0. The van der Waals surface area contributed by atoms with Gasteiger partial charge in [0.1, 0.15) is 0 Å².